The molecule has 76 valence electrons. The smallest absolute Gasteiger partial charge is 0.335 e. The number of halogens is 1. The van der Waals surface area contributed by atoms with Gasteiger partial charge in [0.1, 0.15) is 0 Å². The van der Waals surface area contributed by atoms with Crippen LogP contribution in [0.15, 0.2) is 29.6 Å². The summed E-state index contributed by atoms with van der Waals surface area (Å²) >= 11 is 7.14. The van der Waals surface area contributed by atoms with Crippen molar-refractivity contribution in [2.75, 3.05) is 0 Å². The van der Waals surface area contributed by atoms with Gasteiger partial charge in [-0.2, -0.15) is 4.37 Å². The van der Waals surface area contributed by atoms with E-state index in [0.717, 1.165) is 11.3 Å². The summed E-state index contributed by atoms with van der Waals surface area (Å²) in [5.41, 5.74) is 1.64. The first-order valence-electron chi connectivity index (χ1n) is 4.11. The molecule has 1 aromatic heterocycles. The molecular weight excluding hydrogens is 234 g/mol. The molecule has 0 aliphatic heterocycles. The summed E-state index contributed by atoms with van der Waals surface area (Å²) in [7, 11) is 0. The van der Waals surface area contributed by atoms with E-state index in [4.69, 9.17) is 16.7 Å². The third kappa shape index (κ3) is 2.16. The highest BCUT2D eigenvalue weighted by atomic mass is 35.5. The molecule has 0 bridgehead atoms. The number of nitrogens with zero attached hydrogens (tertiary/aromatic N) is 1. The standard InChI is InChI=1S/C10H6ClNO2S/c11-8-4-6(9-1-2-15-12-9)3-7(5-8)10(13)14/h1-5H,(H,13,14). The maximum atomic E-state index is 10.8. The van der Waals surface area contributed by atoms with E-state index in [0.29, 0.717) is 5.02 Å². The van der Waals surface area contributed by atoms with Crippen LogP contribution in [0, 0.1) is 0 Å². The number of aromatic carboxylic acids is 1. The third-order valence-electron chi connectivity index (χ3n) is 1.88. The minimum atomic E-state index is -0.992. The maximum absolute atomic E-state index is 10.8. The van der Waals surface area contributed by atoms with Gasteiger partial charge in [0.2, 0.25) is 0 Å². The van der Waals surface area contributed by atoms with Gasteiger partial charge in [-0.25, -0.2) is 4.79 Å². The highest BCUT2D eigenvalue weighted by Gasteiger charge is 2.08. The lowest BCUT2D eigenvalue weighted by Gasteiger charge is -2.00. The summed E-state index contributed by atoms with van der Waals surface area (Å²) < 4.78 is 4.12. The lowest BCUT2D eigenvalue weighted by atomic mass is 10.1. The first kappa shape index (κ1) is 10.1. The van der Waals surface area contributed by atoms with E-state index in [1.54, 1.807) is 12.1 Å². The molecule has 2 rings (SSSR count). The Balaban J connectivity index is 2.54. The summed E-state index contributed by atoms with van der Waals surface area (Å²) in [4.78, 5) is 10.8. The highest BCUT2D eigenvalue weighted by molar-refractivity contribution is 7.03. The van der Waals surface area contributed by atoms with Crippen LogP contribution >= 0.6 is 23.1 Å². The Morgan fingerprint density at radius 2 is 2.20 bits per heavy atom. The average Bonchev–Trinajstić information content (AvgIpc) is 2.69. The van der Waals surface area contributed by atoms with Gasteiger partial charge < -0.3 is 5.11 Å². The first-order valence-corrected chi connectivity index (χ1v) is 5.33. The van der Waals surface area contributed by atoms with Crippen molar-refractivity contribution >= 4 is 29.1 Å². The van der Waals surface area contributed by atoms with Crippen LogP contribution in [0.1, 0.15) is 10.4 Å². The zero-order chi connectivity index (χ0) is 10.8. The van der Waals surface area contributed by atoms with Gasteiger partial charge in [-0.1, -0.05) is 11.6 Å². The van der Waals surface area contributed by atoms with Crippen LogP contribution in [0.25, 0.3) is 11.3 Å². The highest BCUT2D eigenvalue weighted by Crippen LogP contribution is 2.24. The van der Waals surface area contributed by atoms with E-state index in [9.17, 15) is 4.79 Å². The molecule has 0 saturated heterocycles. The van der Waals surface area contributed by atoms with Crippen LogP contribution in [0.5, 0.6) is 0 Å². The van der Waals surface area contributed by atoms with Gasteiger partial charge in [0, 0.05) is 16.0 Å². The molecule has 0 atom stereocenters. The number of carboxylic acid groups (broad SMARTS) is 1. The van der Waals surface area contributed by atoms with E-state index in [1.165, 1.54) is 17.6 Å². The minimum absolute atomic E-state index is 0.172. The molecule has 0 spiro atoms. The molecule has 1 aromatic carbocycles. The van der Waals surface area contributed by atoms with Gasteiger partial charge >= 0.3 is 5.97 Å². The molecule has 0 unspecified atom stereocenters. The Bertz CT molecular complexity index is 496. The summed E-state index contributed by atoms with van der Waals surface area (Å²) in [5.74, 6) is -0.992. The van der Waals surface area contributed by atoms with Crippen LogP contribution in [-0.4, -0.2) is 15.4 Å². The van der Waals surface area contributed by atoms with Crippen molar-refractivity contribution in [3.05, 3.63) is 40.2 Å². The van der Waals surface area contributed by atoms with E-state index in [1.807, 2.05) is 11.4 Å². The molecule has 5 heteroatoms. The Kier molecular flexibility index (Phi) is 2.70. The molecule has 3 nitrogen and oxygen atoms in total. The SMILES string of the molecule is O=C(O)c1cc(Cl)cc(-c2ccsn2)c1. The number of aromatic nitrogens is 1. The van der Waals surface area contributed by atoms with E-state index in [-0.39, 0.29) is 5.56 Å². The summed E-state index contributed by atoms with van der Waals surface area (Å²) in [5, 5.41) is 11.1. The van der Waals surface area contributed by atoms with Gasteiger partial charge in [0.25, 0.3) is 0 Å². The normalized spacial score (nSPS) is 10.2. The number of hydrogen-bond donors (Lipinski definition) is 1. The number of hydrogen-bond acceptors (Lipinski definition) is 3. The van der Waals surface area contributed by atoms with E-state index in [2.05, 4.69) is 4.37 Å². The van der Waals surface area contributed by atoms with Crippen molar-refractivity contribution in [2.45, 2.75) is 0 Å². The van der Waals surface area contributed by atoms with Crippen molar-refractivity contribution in [1.82, 2.24) is 4.37 Å². The predicted molar refractivity (Wildman–Crippen MR) is 59.5 cm³/mol. The second-order valence-corrected chi connectivity index (χ2v) is 4.02. The zero-order valence-corrected chi connectivity index (χ0v) is 9.05. The Morgan fingerprint density at radius 1 is 1.40 bits per heavy atom. The number of benzene rings is 1. The predicted octanol–water partition coefficient (Wildman–Crippen LogP) is 3.16. The van der Waals surface area contributed by atoms with Crippen molar-refractivity contribution in [3.8, 4) is 11.3 Å². The number of rotatable bonds is 2. The topological polar surface area (TPSA) is 50.2 Å². The first-order chi connectivity index (χ1) is 7.16. The molecule has 1 heterocycles. The van der Waals surface area contributed by atoms with Crippen molar-refractivity contribution in [2.24, 2.45) is 0 Å². The van der Waals surface area contributed by atoms with Crippen LogP contribution in [-0.2, 0) is 0 Å². The van der Waals surface area contributed by atoms with Crippen molar-refractivity contribution in [3.63, 3.8) is 0 Å². The van der Waals surface area contributed by atoms with Crippen LogP contribution in [0.2, 0.25) is 5.02 Å². The second-order valence-electron chi connectivity index (χ2n) is 2.92. The largest absolute Gasteiger partial charge is 0.478 e. The lowest BCUT2D eigenvalue weighted by Crippen LogP contribution is -1.96. The minimum Gasteiger partial charge on any atom is -0.478 e. The molecule has 2 aromatic rings. The fourth-order valence-corrected chi connectivity index (χ4v) is 1.99. The maximum Gasteiger partial charge on any atom is 0.335 e. The van der Waals surface area contributed by atoms with E-state index < -0.39 is 5.97 Å². The van der Waals surface area contributed by atoms with Crippen molar-refractivity contribution in [1.29, 1.82) is 0 Å². The Morgan fingerprint density at radius 3 is 2.80 bits per heavy atom. The lowest BCUT2D eigenvalue weighted by molar-refractivity contribution is 0.0697. The Hall–Kier alpha value is -1.39. The average molecular weight is 240 g/mol. The van der Waals surface area contributed by atoms with Crippen LogP contribution in [0.4, 0.5) is 0 Å². The van der Waals surface area contributed by atoms with Gasteiger partial charge in [0.05, 0.1) is 11.3 Å². The molecule has 0 aliphatic carbocycles. The molecule has 0 fully saturated rings. The zero-order valence-electron chi connectivity index (χ0n) is 7.48. The fraction of sp³-hybridized carbons (Fsp3) is 0. The number of carbonyl (C=O) groups is 1. The summed E-state index contributed by atoms with van der Waals surface area (Å²) in [6, 6.07) is 6.49. The molecular formula is C10H6ClNO2S. The fourth-order valence-electron chi connectivity index (χ4n) is 1.22. The van der Waals surface area contributed by atoms with Crippen LogP contribution < -0.4 is 0 Å². The molecule has 0 saturated carbocycles. The summed E-state index contributed by atoms with van der Waals surface area (Å²) in [6.07, 6.45) is 0. The quantitative estimate of drug-likeness (QED) is 0.876. The molecule has 0 radical (unpaired) electrons. The Labute approximate surface area is 95.1 Å². The van der Waals surface area contributed by atoms with Gasteiger partial charge in [-0.15, -0.1) is 0 Å². The molecule has 0 amide bonds. The third-order valence-corrected chi connectivity index (χ3v) is 2.66. The van der Waals surface area contributed by atoms with Crippen molar-refractivity contribution < 1.29 is 9.90 Å². The van der Waals surface area contributed by atoms with Gasteiger partial charge in [-0.05, 0) is 35.8 Å². The second kappa shape index (κ2) is 4.00. The summed E-state index contributed by atoms with van der Waals surface area (Å²) in [6.45, 7) is 0. The van der Waals surface area contributed by atoms with Crippen LogP contribution in [0.3, 0.4) is 0 Å². The monoisotopic (exact) mass is 239 g/mol. The van der Waals surface area contributed by atoms with E-state index >= 15 is 0 Å². The van der Waals surface area contributed by atoms with Gasteiger partial charge in [-0.3, -0.25) is 0 Å². The molecule has 0 aliphatic rings. The number of carboxylic acids is 1. The molecule has 1 N–H and O–H groups in total. The van der Waals surface area contributed by atoms with Gasteiger partial charge in [0.15, 0.2) is 0 Å². The molecule has 15 heavy (non-hydrogen) atoms.